The van der Waals surface area contributed by atoms with E-state index in [0.717, 1.165) is 6.20 Å². The summed E-state index contributed by atoms with van der Waals surface area (Å²) < 4.78 is 0. The van der Waals surface area contributed by atoms with Gasteiger partial charge in [-0.05, 0) is 19.8 Å². The number of aromatic nitrogens is 1. The maximum atomic E-state index is 12.5. The summed E-state index contributed by atoms with van der Waals surface area (Å²) in [6.45, 7) is 2.41. The zero-order valence-corrected chi connectivity index (χ0v) is 11.7. The Kier molecular flexibility index (Phi) is 4.20. The molecule has 1 saturated heterocycles. The maximum absolute atomic E-state index is 12.5. The Morgan fingerprint density at radius 2 is 2.35 bits per heavy atom. The van der Waals surface area contributed by atoms with Crippen LogP contribution >= 0.6 is 11.6 Å². The third-order valence-electron chi connectivity index (χ3n) is 3.44. The molecule has 0 bridgehead atoms. The molecule has 2 unspecified atom stereocenters. The van der Waals surface area contributed by atoms with Gasteiger partial charge >= 0.3 is 0 Å². The second-order valence-corrected chi connectivity index (χ2v) is 5.28. The average molecular weight is 299 g/mol. The lowest BCUT2D eigenvalue weighted by molar-refractivity contribution is -0.385. The monoisotopic (exact) mass is 298 g/mol. The first-order chi connectivity index (χ1) is 9.40. The molecule has 1 aliphatic rings. The second kappa shape index (κ2) is 5.72. The minimum absolute atomic E-state index is 0.0253. The number of likely N-dealkylation sites (tertiary alicyclic amines) is 1. The molecule has 1 aromatic heterocycles. The highest BCUT2D eigenvalue weighted by atomic mass is 35.5. The van der Waals surface area contributed by atoms with E-state index < -0.39 is 4.92 Å². The molecule has 108 valence electrons. The van der Waals surface area contributed by atoms with Crippen molar-refractivity contribution in [1.29, 1.82) is 0 Å². The molecule has 20 heavy (non-hydrogen) atoms. The van der Waals surface area contributed by atoms with Crippen LogP contribution in [0.15, 0.2) is 12.3 Å². The fourth-order valence-corrected chi connectivity index (χ4v) is 2.54. The molecule has 0 aliphatic carbocycles. The van der Waals surface area contributed by atoms with Crippen LogP contribution in [0.3, 0.4) is 0 Å². The highest BCUT2D eigenvalue weighted by molar-refractivity contribution is 6.32. The van der Waals surface area contributed by atoms with Gasteiger partial charge in [-0.15, -0.1) is 0 Å². The summed E-state index contributed by atoms with van der Waals surface area (Å²) >= 11 is 5.89. The standard InChI is InChI=1S/C12H15ClN4O3/c1-7-4-8(14)2-3-16(7)12(18)10-5-9(17(19)20)6-15-11(10)13/h5-8H,2-4,14H2,1H3. The third kappa shape index (κ3) is 2.88. The van der Waals surface area contributed by atoms with E-state index in [2.05, 4.69) is 4.98 Å². The first-order valence-electron chi connectivity index (χ1n) is 6.26. The molecule has 2 N–H and O–H groups in total. The van der Waals surface area contributed by atoms with E-state index in [1.54, 1.807) is 4.90 Å². The summed E-state index contributed by atoms with van der Waals surface area (Å²) in [5.41, 5.74) is 5.66. The van der Waals surface area contributed by atoms with Gasteiger partial charge in [0.1, 0.15) is 11.3 Å². The van der Waals surface area contributed by atoms with Gasteiger partial charge in [0.25, 0.3) is 11.6 Å². The van der Waals surface area contributed by atoms with Crippen molar-refractivity contribution in [3.63, 3.8) is 0 Å². The number of pyridine rings is 1. The van der Waals surface area contributed by atoms with Crippen molar-refractivity contribution < 1.29 is 9.72 Å². The van der Waals surface area contributed by atoms with Crippen LogP contribution in [0.1, 0.15) is 30.1 Å². The number of amides is 1. The van der Waals surface area contributed by atoms with Crippen molar-refractivity contribution in [2.24, 2.45) is 5.73 Å². The van der Waals surface area contributed by atoms with Gasteiger partial charge in [0.15, 0.2) is 0 Å². The molecule has 0 aromatic carbocycles. The Balaban J connectivity index is 2.29. The lowest BCUT2D eigenvalue weighted by Gasteiger charge is -2.36. The molecule has 7 nitrogen and oxygen atoms in total. The fourth-order valence-electron chi connectivity index (χ4n) is 2.35. The molecule has 2 heterocycles. The number of rotatable bonds is 2. The van der Waals surface area contributed by atoms with Crippen LogP contribution in [0.4, 0.5) is 5.69 Å². The van der Waals surface area contributed by atoms with Crippen molar-refractivity contribution in [3.8, 4) is 0 Å². The molecule has 1 fully saturated rings. The number of piperidine rings is 1. The average Bonchev–Trinajstić information content (AvgIpc) is 2.38. The zero-order valence-electron chi connectivity index (χ0n) is 11.0. The zero-order chi connectivity index (χ0) is 14.9. The van der Waals surface area contributed by atoms with Crippen molar-refractivity contribution in [3.05, 3.63) is 33.1 Å². The van der Waals surface area contributed by atoms with E-state index in [1.165, 1.54) is 6.07 Å². The van der Waals surface area contributed by atoms with Gasteiger partial charge in [0.05, 0.1) is 10.5 Å². The van der Waals surface area contributed by atoms with E-state index in [1.807, 2.05) is 6.92 Å². The Bertz CT molecular complexity index is 552. The number of hydrogen-bond donors (Lipinski definition) is 1. The van der Waals surface area contributed by atoms with Crippen LogP contribution in [-0.4, -0.2) is 39.3 Å². The first-order valence-corrected chi connectivity index (χ1v) is 6.64. The molecular weight excluding hydrogens is 284 g/mol. The van der Waals surface area contributed by atoms with Crippen LogP contribution in [0.2, 0.25) is 5.15 Å². The largest absolute Gasteiger partial charge is 0.336 e. The van der Waals surface area contributed by atoms with Crippen LogP contribution in [0.5, 0.6) is 0 Å². The number of halogens is 1. The quantitative estimate of drug-likeness (QED) is 0.507. The van der Waals surface area contributed by atoms with Gasteiger partial charge in [-0.25, -0.2) is 4.98 Å². The van der Waals surface area contributed by atoms with Gasteiger partial charge in [-0.1, -0.05) is 11.6 Å². The molecule has 0 radical (unpaired) electrons. The number of nitro groups is 1. The van der Waals surface area contributed by atoms with Gasteiger partial charge in [0, 0.05) is 24.7 Å². The molecule has 2 atom stereocenters. The minimum Gasteiger partial charge on any atom is -0.336 e. The SMILES string of the molecule is CC1CC(N)CCN1C(=O)c1cc([N+](=O)[O-])cnc1Cl. The van der Waals surface area contributed by atoms with Crippen molar-refractivity contribution in [2.75, 3.05) is 6.54 Å². The van der Waals surface area contributed by atoms with Crippen molar-refractivity contribution in [2.45, 2.75) is 31.8 Å². The lowest BCUT2D eigenvalue weighted by Crippen LogP contribution is -2.48. The summed E-state index contributed by atoms with van der Waals surface area (Å²) in [7, 11) is 0. The summed E-state index contributed by atoms with van der Waals surface area (Å²) in [5, 5.41) is 10.7. The Hall–Kier alpha value is -1.73. The number of hydrogen-bond acceptors (Lipinski definition) is 5. The topological polar surface area (TPSA) is 102 Å². The van der Waals surface area contributed by atoms with Gasteiger partial charge in [-0.3, -0.25) is 14.9 Å². The molecule has 1 aromatic rings. The summed E-state index contributed by atoms with van der Waals surface area (Å²) in [6, 6.07) is 1.22. The van der Waals surface area contributed by atoms with E-state index >= 15 is 0 Å². The van der Waals surface area contributed by atoms with Crippen LogP contribution < -0.4 is 5.73 Å². The number of carbonyl (C=O) groups is 1. The van der Waals surface area contributed by atoms with Crippen molar-refractivity contribution in [1.82, 2.24) is 9.88 Å². The molecule has 0 spiro atoms. The summed E-state index contributed by atoms with van der Waals surface area (Å²) in [4.78, 5) is 27.9. The van der Waals surface area contributed by atoms with E-state index in [4.69, 9.17) is 17.3 Å². The lowest BCUT2D eigenvalue weighted by atomic mass is 9.98. The number of nitrogens with two attached hydrogens (primary N) is 1. The predicted molar refractivity (Wildman–Crippen MR) is 73.6 cm³/mol. The van der Waals surface area contributed by atoms with E-state index in [9.17, 15) is 14.9 Å². The van der Waals surface area contributed by atoms with Crippen LogP contribution in [-0.2, 0) is 0 Å². The predicted octanol–water partition coefficient (Wildman–Crippen LogP) is 1.59. The van der Waals surface area contributed by atoms with Gasteiger partial charge < -0.3 is 10.6 Å². The number of nitrogens with zero attached hydrogens (tertiary/aromatic N) is 3. The molecular formula is C12H15ClN4O3. The molecule has 2 rings (SSSR count). The normalized spacial score (nSPS) is 22.6. The summed E-state index contributed by atoms with van der Waals surface area (Å²) in [5.74, 6) is -0.342. The molecule has 0 saturated carbocycles. The highest BCUT2D eigenvalue weighted by Gasteiger charge is 2.30. The Labute approximate surface area is 120 Å². The van der Waals surface area contributed by atoms with E-state index in [0.29, 0.717) is 19.4 Å². The number of carbonyl (C=O) groups excluding carboxylic acids is 1. The Morgan fingerprint density at radius 1 is 1.65 bits per heavy atom. The van der Waals surface area contributed by atoms with E-state index in [-0.39, 0.29) is 34.4 Å². The first kappa shape index (κ1) is 14.7. The molecule has 8 heteroatoms. The molecule has 1 aliphatic heterocycles. The van der Waals surface area contributed by atoms with Crippen LogP contribution in [0, 0.1) is 10.1 Å². The van der Waals surface area contributed by atoms with Gasteiger partial charge in [-0.2, -0.15) is 0 Å². The third-order valence-corrected chi connectivity index (χ3v) is 3.74. The van der Waals surface area contributed by atoms with Gasteiger partial charge in [0.2, 0.25) is 0 Å². The minimum atomic E-state index is -0.602. The van der Waals surface area contributed by atoms with Crippen LogP contribution in [0.25, 0.3) is 0 Å². The highest BCUT2D eigenvalue weighted by Crippen LogP contribution is 2.24. The van der Waals surface area contributed by atoms with Crippen molar-refractivity contribution >= 4 is 23.2 Å². The maximum Gasteiger partial charge on any atom is 0.288 e. The molecule has 1 amide bonds. The fraction of sp³-hybridized carbons (Fsp3) is 0.500. The smallest absolute Gasteiger partial charge is 0.288 e. The summed E-state index contributed by atoms with van der Waals surface area (Å²) in [6.07, 6.45) is 2.44. The Morgan fingerprint density at radius 3 is 2.95 bits per heavy atom. The second-order valence-electron chi connectivity index (χ2n) is 4.92.